The van der Waals surface area contributed by atoms with Crippen LogP contribution in [-0.4, -0.2) is 17.5 Å². The van der Waals surface area contributed by atoms with Crippen molar-refractivity contribution in [1.82, 2.24) is 0 Å². The minimum absolute atomic E-state index is 0.209. The first-order valence-corrected chi connectivity index (χ1v) is 5.72. The summed E-state index contributed by atoms with van der Waals surface area (Å²) >= 11 is 1.83. The van der Waals surface area contributed by atoms with E-state index < -0.39 is 5.97 Å². The van der Waals surface area contributed by atoms with Crippen molar-refractivity contribution in [3.8, 4) is 0 Å². The van der Waals surface area contributed by atoms with Crippen LogP contribution in [0.5, 0.6) is 0 Å². The Morgan fingerprint density at radius 3 is 2.58 bits per heavy atom. The van der Waals surface area contributed by atoms with Crippen LogP contribution in [0, 0.1) is 0 Å². The molecule has 0 bridgehead atoms. The van der Waals surface area contributed by atoms with Crippen molar-refractivity contribution in [1.29, 1.82) is 0 Å². The fraction of sp³-hybridized carbons (Fsp3) is 0.889. The van der Waals surface area contributed by atoms with E-state index in [2.05, 4.69) is 13.2 Å². The molecule has 0 aromatic rings. The lowest BCUT2D eigenvalue weighted by atomic mass is 10.1. The third-order valence-corrected chi connectivity index (χ3v) is 2.99. The Bertz CT molecular complexity index is 126. The SMILES string of the molecule is CCCC(CCCC(=O)[O-])SC. The second kappa shape index (κ2) is 7.47. The van der Waals surface area contributed by atoms with Crippen molar-refractivity contribution < 1.29 is 9.90 Å². The molecule has 0 amide bonds. The minimum atomic E-state index is -0.925. The molecule has 0 aliphatic heterocycles. The molecule has 72 valence electrons. The zero-order valence-corrected chi connectivity index (χ0v) is 8.65. The van der Waals surface area contributed by atoms with E-state index >= 15 is 0 Å². The first-order chi connectivity index (χ1) is 5.70. The molecule has 0 aliphatic carbocycles. The largest absolute Gasteiger partial charge is 0.550 e. The summed E-state index contributed by atoms with van der Waals surface area (Å²) in [4.78, 5) is 10.1. The zero-order valence-electron chi connectivity index (χ0n) is 7.84. The van der Waals surface area contributed by atoms with E-state index in [0.29, 0.717) is 5.25 Å². The standard InChI is InChI=1S/C9H18O2S/c1-3-5-8(12-2)6-4-7-9(10)11/h8H,3-7H2,1-2H3,(H,10,11)/p-1. The second-order valence-corrected chi connectivity index (χ2v) is 4.05. The van der Waals surface area contributed by atoms with E-state index in [0.717, 1.165) is 12.8 Å². The molecule has 0 saturated heterocycles. The smallest absolute Gasteiger partial charge is 0.0414 e. The van der Waals surface area contributed by atoms with Crippen LogP contribution in [0.1, 0.15) is 39.0 Å². The van der Waals surface area contributed by atoms with Gasteiger partial charge in [0.2, 0.25) is 0 Å². The lowest BCUT2D eigenvalue weighted by Gasteiger charge is -2.12. The zero-order chi connectivity index (χ0) is 9.40. The summed E-state index contributed by atoms with van der Waals surface area (Å²) in [6.07, 6.45) is 6.42. The number of hydrogen-bond donors (Lipinski definition) is 0. The number of carbonyl (C=O) groups excluding carboxylic acids is 1. The molecule has 0 radical (unpaired) electrons. The molecule has 0 heterocycles. The third kappa shape index (κ3) is 6.53. The van der Waals surface area contributed by atoms with Gasteiger partial charge in [0, 0.05) is 11.2 Å². The Labute approximate surface area is 78.7 Å². The molecule has 0 N–H and O–H groups in total. The minimum Gasteiger partial charge on any atom is -0.550 e. The highest BCUT2D eigenvalue weighted by molar-refractivity contribution is 7.99. The molecule has 0 aromatic carbocycles. The number of aliphatic carboxylic acids is 1. The average molecular weight is 189 g/mol. The molecular weight excluding hydrogens is 172 g/mol. The molecule has 2 nitrogen and oxygen atoms in total. The number of carbonyl (C=O) groups is 1. The monoisotopic (exact) mass is 189 g/mol. The van der Waals surface area contributed by atoms with Crippen molar-refractivity contribution in [3.63, 3.8) is 0 Å². The molecule has 0 fully saturated rings. The van der Waals surface area contributed by atoms with Crippen LogP contribution in [0.3, 0.4) is 0 Å². The molecular formula is C9H17O2S-. The average Bonchev–Trinajstić information content (AvgIpc) is 2.02. The highest BCUT2D eigenvalue weighted by atomic mass is 32.2. The van der Waals surface area contributed by atoms with Gasteiger partial charge in [-0.2, -0.15) is 11.8 Å². The summed E-state index contributed by atoms with van der Waals surface area (Å²) in [6, 6.07) is 0. The van der Waals surface area contributed by atoms with Gasteiger partial charge in [0.1, 0.15) is 0 Å². The Balaban J connectivity index is 3.37. The van der Waals surface area contributed by atoms with Crippen LogP contribution in [-0.2, 0) is 4.79 Å². The number of hydrogen-bond acceptors (Lipinski definition) is 3. The molecule has 0 rings (SSSR count). The van der Waals surface area contributed by atoms with Crippen molar-refractivity contribution in [3.05, 3.63) is 0 Å². The fourth-order valence-electron chi connectivity index (χ4n) is 1.18. The quantitative estimate of drug-likeness (QED) is 0.608. The van der Waals surface area contributed by atoms with Crippen LogP contribution >= 0.6 is 11.8 Å². The van der Waals surface area contributed by atoms with E-state index in [1.165, 1.54) is 12.8 Å². The Hall–Kier alpha value is -0.180. The number of thioether (sulfide) groups is 1. The van der Waals surface area contributed by atoms with E-state index in [9.17, 15) is 9.90 Å². The van der Waals surface area contributed by atoms with Gasteiger partial charge in [0.05, 0.1) is 0 Å². The predicted octanol–water partition coefficient (Wildman–Crippen LogP) is 1.44. The molecule has 0 spiro atoms. The van der Waals surface area contributed by atoms with E-state index in [1.807, 2.05) is 11.8 Å². The van der Waals surface area contributed by atoms with Gasteiger partial charge < -0.3 is 9.90 Å². The maximum atomic E-state index is 10.1. The molecule has 0 aromatic heterocycles. The highest BCUT2D eigenvalue weighted by Gasteiger charge is 2.04. The van der Waals surface area contributed by atoms with Crippen LogP contribution in [0.25, 0.3) is 0 Å². The van der Waals surface area contributed by atoms with Gasteiger partial charge in [-0.05, 0) is 31.9 Å². The normalized spacial score (nSPS) is 12.8. The van der Waals surface area contributed by atoms with E-state index in [4.69, 9.17) is 0 Å². The summed E-state index contributed by atoms with van der Waals surface area (Å²) in [7, 11) is 0. The van der Waals surface area contributed by atoms with Gasteiger partial charge >= 0.3 is 0 Å². The highest BCUT2D eigenvalue weighted by Crippen LogP contribution is 2.18. The summed E-state index contributed by atoms with van der Waals surface area (Å²) in [6.45, 7) is 2.15. The maximum Gasteiger partial charge on any atom is 0.0414 e. The topological polar surface area (TPSA) is 40.1 Å². The molecule has 1 unspecified atom stereocenters. The molecule has 0 saturated carbocycles. The van der Waals surface area contributed by atoms with Crippen LogP contribution in [0.2, 0.25) is 0 Å². The number of carboxylic acids is 1. The summed E-state index contributed by atoms with van der Waals surface area (Å²) in [5, 5.41) is 10.7. The van der Waals surface area contributed by atoms with Crippen molar-refractivity contribution >= 4 is 17.7 Å². The molecule has 12 heavy (non-hydrogen) atoms. The van der Waals surface area contributed by atoms with E-state index in [-0.39, 0.29) is 6.42 Å². The lowest BCUT2D eigenvalue weighted by molar-refractivity contribution is -0.305. The summed E-state index contributed by atoms with van der Waals surface area (Å²) in [5.41, 5.74) is 0. The van der Waals surface area contributed by atoms with Gasteiger partial charge in [0.25, 0.3) is 0 Å². The van der Waals surface area contributed by atoms with Gasteiger partial charge in [-0.3, -0.25) is 0 Å². The Kier molecular flexibility index (Phi) is 7.36. The Morgan fingerprint density at radius 1 is 1.50 bits per heavy atom. The molecule has 0 aliphatic rings. The summed E-state index contributed by atoms with van der Waals surface area (Å²) < 4.78 is 0. The van der Waals surface area contributed by atoms with Gasteiger partial charge in [-0.25, -0.2) is 0 Å². The van der Waals surface area contributed by atoms with Gasteiger partial charge in [-0.1, -0.05) is 13.3 Å². The Morgan fingerprint density at radius 2 is 2.17 bits per heavy atom. The maximum absolute atomic E-state index is 10.1. The van der Waals surface area contributed by atoms with Crippen LogP contribution in [0.15, 0.2) is 0 Å². The molecule has 1 atom stereocenters. The van der Waals surface area contributed by atoms with Gasteiger partial charge in [-0.15, -0.1) is 0 Å². The van der Waals surface area contributed by atoms with Crippen LogP contribution < -0.4 is 5.11 Å². The second-order valence-electron chi connectivity index (χ2n) is 2.91. The number of carboxylic acid groups (broad SMARTS) is 1. The first-order valence-electron chi connectivity index (χ1n) is 4.43. The lowest BCUT2D eigenvalue weighted by Crippen LogP contribution is -2.21. The van der Waals surface area contributed by atoms with Crippen LogP contribution in [0.4, 0.5) is 0 Å². The van der Waals surface area contributed by atoms with E-state index in [1.54, 1.807) is 0 Å². The predicted molar refractivity (Wildman–Crippen MR) is 51.1 cm³/mol. The summed E-state index contributed by atoms with van der Waals surface area (Å²) in [5.74, 6) is -0.925. The van der Waals surface area contributed by atoms with Crippen molar-refractivity contribution in [2.75, 3.05) is 6.26 Å². The third-order valence-electron chi connectivity index (χ3n) is 1.85. The van der Waals surface area contributed by atoms with Gasteiger partial charge in [0.15, 0.2) is 0 Å². The van der Waals surface area contributed by atoms with Crippen molar-refractivity contribution in [2.24, 2.45) is 0 Å². The molecule has 3 heteroatoms. The fourth-order valence-corrected chi connectivity index (χ4v) is 2.05. The first kappa shape index (κ1) is 11.8. The van der Waals surface area contributed by atoms with Crippen molar-refractivity contribution in [2.45, 2.75) is 44.3 Å². The number of rotatable bonds is 7.